The molecular weight excluding hydrogens is 408 g/mol. The molecule has 0 radical (unpaired) electrons. The lowest BCUT2D eigenvalue weighted by molar-refractivity contribution is 0.211. The first kappa shape index (κ1) is 19.8. The van der Waals surface area contributed by atoms with Gasteiger partial charge in [-0.15, -0.1) is 15.3 Å². The molecule has 1 aliphatic carbocycles. The minimum atomic E-state index is 0.380. The van der Waals surface area contributed by atoms with Crippen molar-refractivity contribution in [3.8, 4) is 11.8 Å². The second-order valence-corrected chi connectivity index (χ2v) is 7.50. The summed E-state index contributed by atoms with van der Waals surface area (Å²) < 4.78 is 8.53. The lowest BCUT2D eigenvalue weighted by Crippen LogP contribution is -2.10. The van der Waals surface area contributed by atoms with Gasteiger partial charge in [-0.3, -0.25) is 4.57 Å². The number of fused-ring (bicyclic) bond motifs is 1. The largest absolute Gasteiger partial charge is 0.383 e. The maximum atomic E-state index is 9.43. The van der Waals surface area contributed by atoms with Crippen LogP contribution in [0.4, 0.5) is 22.9 Å². The summed E-state index contributed by atoms with van der Waals surface area (Å²) in [5.41, 5.74) is 4.51. The van der Waals surface area contributed by atoms with E-state index in [9.17, 15) is 5.26 Å². The number of rotatable bonds is 9. The van der Waals surface area contributed by atoms with Gasteiger partial charge in [0.1, 0.15) is 18.7 Å². The second-order valence-electron chi connectivity index (χ2n) is 7.50. The van der Waals surface area contributed by atoms with Crippen LogP contribution in [0, 0.1) is 11.3 Å². The van der Waals surface area contributed by atoms with Gasteiger partial charge in [0.05, 0.1) is 29.9 Å². The molecular formula is C21H22N10O. The van der Waals surface area contributed by atoms with Crippen molar-refractivity contribution in [3.63, 3.8) is 0 Å². The lowest BCUT2D eigenvalue weighted by Gasteiger charge is -2.15. The second kappa shape index (κ2) is 8.52. The van der Waals surface area contributed by atoms with E-state index in [4.69, 9.17) is 4.74 Å². The number of ether oxygens (including phenoxy) is 1. The van der Waals surface area contributed by atoms with Gasteiger partial charge in [-0.25, -0.2) is 4.98 Å². The third-order valence-corrected chi connectivity index (χ3v) is 5.11. The summed E-state index contributed by atoms with van der Waals surface area (Å²) in [6.45, 7) is 1.26. The quantitative estimate of drug-likeness (QED) is 0.343. The molecule has 0 aliphatic heterocycles. The zero-order chi connectivity index (χ0) is 21.9. The first-order chi connectivity index (χ1) is 15.7. The smallest absolute Gasteiger partial charge is 0.178 e. The van der Waals surface area contributed by atoms with E-state index >= 15 is 0 Å². The molecule has 11 heteroatoms. The van der Waals surface area contributed by atoms with E-state index < -0.39 is 0 Å². The Morgan fingerprint density at radius 2 is 2.03 bits per heavy atom. The number of hydrogen-bond donors (Lipinski definition) is 3. The number of hydrogen-bond acceptors (Lipinski definition) is 9. The summed E-state index contributed by atoms with van der Waals surface area (Å²) in [4.78, 5) is 4.37. The van der Waals surface area contributed by atoms with Crippen LogP contribution in [-0.2, 0) is 4.74 Å². The summed E-state index contributed by atoms with van der Waals surface area (Å²) in [7, 11) is 1.67. The van der Waals surface area contributed by atoms with E-state index in [1.165, 1.54) is 6.20 Å². The molecule has 0 amide bonds. The number of nitriles is 1. The van der Waals surface area contributed by atoms with Crippen molar-refractivity contribution < 1.29 is 4.74 Å². The zero-order valence-electron chi connectivity index (χ0n) is 17.5. The van der Waals surface area contributed by atoms with Gasteiger partial charge in [0, 0.05) is 31.5 Å². The van der Waals surface area contributed by atoms with Crippen LogP contribution in [0.1, 0.15) is 18.5 Å². The minimum Gasteiger partial charge on any atom is -0.383 e. The van der Waals surface area contributed by atoms with Gasteiger partial charge in [0.15, 0.2) is 17.2 Å². The molecule has 0 atom stereocenters. The van der Waals surface area contributed by atoms with E-state index in [2.05, 4.69) is 42.3 Å². The average Bonchev–Trinajstić information content (AvgIpc) is 3.28. The fourth-order valence-corrected chi connectivity index (χ4v) is 3.39. The van der Waals surface area contributed by atoms with E-state index in [1.807, 2.05) is 28.8 Å². The van der Waals surface area contributed by atoms with Gasteiger partial charge in [-0.05, 0) is 31.0 Å². The van der Waals surface area contributed by atoms with Crippen LogP contribution in [0.15, 0.2) is 43.1 Å². The van der Waals surface area contributed by atoms with Gasteiger partial charge in [-0.2, -0.15) is 9.78 Å². The van der Waals surface area contributed by atoms with Crippen molar-refractivity contribution in [2.45, 2.75) is 18.9 Å². The van der Waals surface area contributed by atoms with Crippen LogP contribution in [0.25, 0.3) is 11.3 Å². The van der Waals surface area contributed by atoms with Crippen molar-refractivity contribution >= 4 is 28.5 Å². The van der Waals surface area contributed by atoms with Crippen molar-refractivity contribution in [2.75, 3.05) is 36.2 Å². The molecule has 1 fully saturated rings. The van der Waals surface area contributed by atoms with E-state index in [0.29, 0.717) is 36.4 Å². The predicted octanol–water partition coefficient (Wildman–Crippen LogP) is 2.56. The van der Waals surface area contributed by atoms with E-state index in [0.717, 1.165) is 35.6 Å². The Labute approximate surface area is 184 Å². The van der Waals surface area contributed by atoms with Gasteiger partial charge < -0.3 is 20.7 Å². The molecule has 32 heavy (non-hydrogen) atoms. The Balaban J connectivity index is 1.49. The molecule has 3 heterocycles. The zero-order valence-corrected chi connectivity index (χ0v) is 17.5. The number of nitrogens with zero attached hydrogens (tertiary/aromatic N) is 7. The molecule has 162 valence electrons. The fraction of sp³-hybridized carbons (Fsp3) is 0.286. The number of methoxy groups -OCH3 is 1. The van der Waals surface area contributed by atoms with Gasteiger partial charge in [0.2, 0.25) is 0 Å². The lowest BCUT2D eigenvalue weighted by atomic mass is 10.2. The van der Waals surface area contributed by atoms with Crippen molar-refractivity contribution in [1.29, 1.82) is 5.26 Å². The Morgan fingerprint density at radius 3 is 2.78 bits per heavy atom. The molecule has 0 saturated heterocycles. The molecule has 5 rings (SSSR count). The Hall–Kier alpha value is -4.17. The van der Waals surface area contributed by atoms with Crippen LogP contribution in [0.5, 0.6) is 0 Å². The number of nitrogens with one attached hydrogen (secondary N) is 3. The summed E-state index contributed by atoms with van der Waals surface area (Å²) in [5.74, 6) is 0.602. The van der Waals surface area contributed by atoms with Gasteiger partial charge in [-0.1, -0.05) is 0 Å². The third-order valence-electron chi connectivity index (χ3n) is 5.11. The Kier molecular flexibility index (Phi) is 5.27. The van der Waals surface area contributed by atoms with Crippen molar-refractivity contribution in [3.05, 3.63) is 48.8 Å². The molecule has 1 aromatic carbocycles. The molecule has 0 unspecified atom stereocenters. The summed E-state index contributed by atoms with van der Waals surface area (Å²) in [6, 6.07) is 10.4. The van der Waals surface area contributed by atoms with Crippen LogP contribution < -0.4 is 16.0 Å². The highest BCUT2D eigenvalue weighted by Crippen LogP contribution is 2.30. The fourth-order valence-electron chi connectivity index (χ4n) is 3.39. The van der Waals surface area contributed by atoms with Gasteiger partial charge >= 0.3 is 0 Å². The van der Waals surface area contributed by atoms with Gasteiger partial charge in [0.25, 0.3) is 0 Å². The SMILES string of the molecule is COCCNc1ccc(Nc2cc(NC3CC3)c3ncc(C#N)n3n2)cc1-n1cnnc1. The first-order valence-corrected chi connectivity index (χ1v) is 10.3. The summed E-state index contributed by atoms with van der Waals surface area (Å²) in [6.07, 6.45) is 7.08. The van der Waals surface area contributed by atoms with Crippen LogP contribution >= 0.6 is 0 Å². The first-order valence-electron chi connectivity index (χ1n) is 10.3. The molecule has 4 aromatic rings. The molecule has 0 spiro atoms. The van der Waals surface area contributed by atoms with Crippen molar-refractivity contribution in [1.82, 2.24) is 29.4 Å². The molecule has 3 N–H and O–H groups in total. The molecule has 1 saturated carbocycles. The van der Waals surface area contributed by atoms with Crippen LogP contribution in [0.2, 0.25) is 0 Å². The van der Waals surface area contributed by atoms with Crippen molar-refractivity contribution in [2.24, 2.45) is 0 Å². The average molecular weight is 430 g/mol. The van der Waals surface area contributed by atoms with Crippen LogP contribution in [-0.4, -0.2) is 55.7 Å². The third kappa shape index (κ3) is 4.03. The number of anilines is 4. The molecule has 1 aliphatic rings. The Morgan fingerprint density at radius 1 is 1.19 bits per heavy atom. The minimum absolute atomic E-state index is 0.380. The number of benzene rings is 1. The topological polar surface area (TPSA) is 130 Å². The normalized spacial score (nSPS) is 13.1. The summed E-state index contributed by atoms with van der Waals surface area (Å²) >= 11 is 0. The van der Waals surface area contributed by atoms with E-state index in [1.54, 1.807) is 24.3 Å². The molecule has 0 bridgehead atoms. The standard InChI is InChI=1S/C21H22N10O/c1-32-7-6-23-17-5-4-15(8-19(17)30-12-25-26-13-30)28-20-9-18(27-14-2-3-14)21-24-11-16(10-22)31(21)29-20/h4-5,8-9,11-14,23,27H,2-3,6-7H2,1H3,(H,28,29). The predicted molar refractivity (Wildman–Crippen MR) is 119 cm³/mol. The maximum absolute atomic E-state index is 9.43. The molecule has 3 aromatic heterocycles. The molecule has 11 nitrogen and oxygen atoms in total. The monoisotopic (exact) mass is 430 g/mol. The van der Waals surface area contributed by atoms with Crippen LogP contribution in [0.3, 0.4) is 0 Å². The number of imidazole rings is 1. The number of aromatic nitrogens is 6. The van der Waals surface area contributed by atoms with E-state index in [-0.39, 0.29) is 0 Å². The Bertz CT molecular complexity index is 1270. The highest BCUT2D eigenvalue weighted by molar-refractivity contribution is 5.75. The highest BCUT2D eigenvalue weighted by atomic mass is 16.5. The maximum Gasteiger partial charge on any atom is 0.178 e. The summed E-state index contributed by atoms with van der Waals surface area (Å²) in [5, 5.41) is 32.0. The highest BCUT2D eigenvalue weighted by Gasteiger charge is 2.23.